The number of nitrogens with one attached hydrogen (secondary N) is 1. The first-order valence-corrected chi connectivity index (χ1v) is 6.52. The van der Waals surface area contributed by atoms with Gasteiger partial charge < -0.3 is 15.2 Å². The maximum absolute atomic E-state index is 13.2. The quantitative estimate of drug-likeness (QED) is 0.872. The van der Waals surface area contributed by atoms with E-state index in [1.54, 1.807) is 0 Å². The third kappa shape index (κ3) is 4.81. The summed E-state index contributed by atoms with van der Waals surface area (Å²) in [7, 11) is 1.42. The van der Waals surface area contributed by atoms with Gasteiger partial charge >= 0.3 is 0 Å². The van der Waals surface area contributed by atoms with E-state index < -0.39 is 11.7 Å². The van der Waals surface area contributed by atoms with Crippen molar-refractivity contribution in [3.8, 4) is 5.75 Å². The van der Waals surface area contributed by atoms with Crippen LogP contribution in [0.15, 0.2) is 18.2 Å². The molecule has 1 aromatic rings. The number of carbonyl (C=O) groups is 1. The summed E-state index contributed by atoms with van der Waals surface area (Å²) in [6, 6.07) is 3.38. The van der Waals surface area contributed by atoms with Crippen LogP contribution in [0.3, 0.4) is 0 Å². The Morgan fingerprint density at radius 2 is 2.10 bits per heavy atom. The molecule has 0 aliphatic heterocycles. The zero-order valence-corrected chi connectivity index (χ0v) is 12.4. The minimum absolute atomic E-state index is 0.0350. The van der Waals surface area contributed by atoms with Crippen molar-refractivity contribution in [3.63, 3.8) is 0 Å². The van der Waals surface area contributed by atoms with Gasteiger partial charge in [-0.3, -0.25) is 4.79 Å². The molecule has 1 amide bonds. The van der Waals surface area contributed by atoms with Crippen LogP contribution in [-0.4, -0.2) is 30.8 Å². The van der Waals surface area contributed by atoms with E-state index in [0.29, 0.717) is 12.2 Å². The maximum Gasteiger partial charge on any atom is 0.255 e. The number of halogens is 1. The van der Waals surface area contributed by atoms with Crippen molar-refractivity contribution in [1.82, 2.24) is 5.32 Å². The van der Waals surface area contributed by atoms with Gasteiger partial charge in [-0.15, -0.1) is 0 Å². The van der Waals surface area contributed by atoms with E-state index in [-0.39, 0.29) is 23.6 Å². The normalized spacial score (nSPS) is 12.9. The van der Waals surface area contributed by atoms with E-state index in [1.807, 2.05) is 20.8 Å². The summed E-state index contributed by atoms with van der Waals surface area (Å²) in [6.07, 6.45) is 0.618. The highest BCUT2D eigenvalue weighted by molar-refractivity contribution is 5.97. The Labute approximate surface area is 119 Å². The number of hydrogen-bond donors (Lipinski definition) is 2. The molecule has 0 aliphatic rings. The molecule has 0 saturated heterocycles. The average Bonchev–Trinajstić information content (AvgIpc) is 2.36. The Kier molecular flexibility index (Phi) is 5.51. The van der Waals surface area contributed by atoms with Crippen LogP contribution in [0.4, 0.5) is 4.39 Å². The molecule has 0 aromatic heterocycles. The highest BCUT2D eigenvalue weighted by Crippen LogP contribution is 2.22. The second-order valence-electron chi connectivity index (χ2n) is 5.96. The van der Waals surface area contributed by atoms with Gasteiger partial charge in [0.25, 0.3) is 5.91 Å². The lowest BCUT2D eigenvalue weighted by Gasteiger charge is -2.25. The number of aliphatic hydroxyl groups excluding tert-OH is 1. The predicted molar refractivity (Wildman–Crippen MR) is 75.4 cm³/mol. The molecule has 0 radical (unpaired) electrons. The van der Waals surface area contributed by atoms with Gasteiger partial charge in [0.2, 0.25) is 0 Å². The van der Waals surface area contributed by atoms with Crippen LogP contribution in [0.1, 0.15) is 37.6 Å². The molecule has 0 aliphatic carbocycles. The fourth-order valence-corrected chi connectivity index (χ4v) is 2.02. The fourth-order valence-electron chi connectivity index (χ4n) is 2.02. The van der Waals surface area contributed by atoms with Crippen LogP contribution >= 0.6 is 0 Å². The number of ether oxygens (including phenoxy) is 1. The minimum atomic E-state index is -0.507. The molecule has 2 N–H and O–H groups in total. The summed E-state index contributed by atoms with van der Waals surface area (Å²) < 4.78 is 18.3. The maximum atomic E-state index is 13.2. The minimum Gasteiger partial charge on any atom is -0.496 e. The number of methoxy groups -OCH3 is 1. The third-order valence-corrected chi connectivity index (χ3v) is 2.82. The molecule has 0 spiro atoms. The summed E-state index contributed by atoms with van der Waals surface area (Å²) in [5.41, 5.74) is 0.0899. The van der Waals surface area contributed by atoms with Crippen LogP contribution in [0.5, 0.6) is 5.75 Å². The molecule has 0 heterocycles. The SMILES string of the molecule is COc1ccc(F)cc1C(=O)NC(CO)CC(C)(C)C. The van der Waals surface area contributed by atoms with Gasteiger partial charge in [0, 0.05) is 0 Å². The van der Waals surface area contributed by atoms with E-state index >= 15 is 0 Å². The van der Waals surface area contributed by atoms with Crippen LogP contribution < -0.4 is 10.1 Å². The van der Waals surface area contributed by atoms with E-state index in [1.165, 1.54) is 19.2 Å². The fraction of sp³-hybridized carbons (Fsp3) is 0.533. The molecule has 112 valence electrons. The first-order chi connectivity index (χ1) is 9.26. The Morgan fingerprint density at radius 3 is 2.60 bits per heavy atom. The number of benzene rings is 1. The topological polar surface area (TPSA) is 58.6 Å². The van der Waals surface area contributed by atoms with Gasteiger partial charge in [-0.25, -0.2) is 4.39 Å². The average molecular weight is 283 g/mol. The van der Waals surface area contributed by atoms with Crippen molar-refractivity contribution in [3.05, 3.63) is 29.6 Å². The van der Waals surface area contributed by atoms with Crippen LogP contribution in [0.25, 0.3) is 0 Å². The molecular formula is C15H22FNO3. The van der Waals surface area contributed by atoms with E-state index in [9.17, 15) is 14.3 Å². The Bertz CT molecular complexity index is 469. The summed E-state index contributed by atoms with van der Waals surface area (Å²) in [5, 5.41) is 12.1. The first kappa shape index (κ1) is 16.4. The monoisotopic (exact) mass is 283 g/mol. The van der Waals surface area contributed by atoms with Gasteiger partial charge in [0.05, 0.1) is 25.3 Å². The largest absolute Gasteiger partial charge is 0.496 e. The number of aliphatic hydroxyl groups is 1. The number of hydrogen-bond acceptors (Lipinski definition) is 3. The highest BCUT2D eigenvalue weighted by atomic mass is 19.1. The first-order valence-electron chi connectivity index (χ1n) is 6.52. The van der Waals surface area contributed by atoms with Gasteiger partial charge in [0.15, 0.2) is 0 Å². The lowest BCUT2D eigenvalue weighted by molar-refractivity contribution is 0.0894. The van der Waals surface area contributed by atoms with Crippen LogP contribution in [-0.2, 0) is 0 Å². The van der Waals surface area contributed by atoms with Crippen molar-refractivity contribution in [2.75, 3.05) is 13.7 Å². The summed E-state index contributed by atoms with van der Waals surface area (Å²) in [5.74, 6) is -0.659. The zero-order valence-electron chi connectivity index (χ0n) is 12.4. The number of amides is 1. The van der Waals surface area contributed by atoms with E-state index in [0.717, 1.165) is 6.07 Å². The van der Waals surface area contributed by atoms with Crippen molar-refractivity contribution >= 4 is 5.91 Å². The van der Waals surface area contributed by atoms with Crippen molar-refractivity contribution in [2.24, 2.45) is 5.41 Å². The molecule has 4 nitrogen and oxygen atoms in total. The molecule has 0 saturated carbocycles. The zero-order chi connectivity index (χ0) is 15.3. The van der Waals surface area contributed by atoms with Crippen molar-refractivity contribution in [2.45, 2.75) is 33.2 Å². The molecule has 1 aromatic carbocycles. The lowest BCUT2D eigenvalue weighted by atomic mass is 9.88. The second-order valence-corrected chi connectivity index (χ2v) is 5.96. The molecule has 1 atom stereocenters. The van der Waals surface area contributed by atoms with Crippen LogP contribution in [0.2, 0.25) is 0 Å². The number of carbonyl (C=O) groups excluding carboxylic acids is 1. The summed E-state index contributed by atoms with van der Waals surface area (Å²) in [6.45, 7) is 5.89. The summed E-state index contributed by atoms with van der Waals surface area (Å²) >= 11 is 0. The molecule has 5 heteroatoms. The predicted octanol–water partition coefficient (Wildman–Crippen LogP) is 2.36. The molecule has 20 heavy (non-hydrogen) atoms. The molecular weight excluding hydrogens is 261 g/mol. The lowest BCUT2D eigenvalue weighted by Crippen LogP contribution is -2.40. The van der Waals surface area contributed by atoms with Crippen molar-refractivity contribution < 1.29 is 19.0 Å². The van der Waals surface area contributed by atoms with Gasteiger partial charge in [-0.2, -0.15) is 0 Å². The smallest absolute Gasteiger partial charge is 0.255 e. The standard InChI is InChI=1S/C15H22FNO3/c1-15(2,3)8-11(9-18)17-14(19)12-7-10(16)5-6-13(12)20-4/h5-7,11,18H,8-9H2,1-4H3,(H,17,19). The molecule has 0 bridgehead atoms. The molecule has 1 rings (SSSR count). The summed E-state index contributed by atoms with van der Waals surface area (Å²) in [4.78, 5) is 12.2. The van der Waals surface area contributed by atoms with E-state index in [2.05, 4.69) is 5.32 Å². The Morgan fingerprint density at radius 1 is 1.45 bits per heavy atom. The molecule has 0 fully saturated rings. The van der Waals surface area contributed by atoms with Crippen LogP contribution in [0, 0.1) is 11.2 Å². The van der Waals surface area contributed by atoms with E-state index in [4.69, 9.17) is 4.74 Å². The van der Waals surface area contributed by atoms with Gasteiger partial charge in [0.1, 0.15) is 11.6 Å². The van der Waals surface area contributed by atoms with Crippen molar-refractivity contribution in [1.29, 1.82) is 0 Å². The second kappa shape index (κ2) is 6.70. The third-order valence-electron chi connectivity index (χ3n) is 2.82. The Balaban J connectivity index is 2.87. The van der Waals surface area contributed by atoms with Gasteiger partial charge in [-0.1, -0.05) is 20.8 Å². The Hall–Kier alpha value is -1.62. The molecule has 1 unspecified atom stereocenters. The highest BCUT2D eigenvalue weighted by Gasteiger charge is 2.22. The van der Waals surface area contributed by atoms with Gasteiger partial charge in [-0.05, 0) is 30.0 Å². The number of rotatable bonds is 5.